The molecule has 2 aliphatic rings. The average molecular weight is 273 g/mol. The fraction of sp³-hybridized carbons (Fsp3) is 0.667. The fourth-order valence-electron chi connectivity index (χ4n) is 3.99. The second-order valence-electron chi connectivity index (χ2n) is 7.44. The second kappa shape index (κ2) is 5.50. The van der Waals surface area contributed by atoms with Gasteiger partial charge in [0, 0.05) is 12.6 Å². The standard InChI is InChI=1S/C18H27NO/c1-18(2)10-11-19(13-18)16-12-15(8-9-17(16)20)14-6-4-3-5-7-14/h3-7,15-17,20H,8-13H2,1-2H3. The summed E-state index contributed by atoms with van der Waals surface area (Å²) < 4.78 is 0. The van der Waals surface area contributed by atoms with E-state index in [2.05, 4.69) is 49.1 Å². The molecule has 1 aromatic rings. The van der Waals surface area contributed by atoms with Gasteiger partial charge < -0.3 is 5.11 Å². The zero-order chi connectivity index (χ0) is 14.2. The summed E-state index contributed by atoms with van der Waals surface area (Å²) in [6.45, 7) is 6.97. The maximum atomic E-state index is 10.4. The molecule has 2 heteroatoms. The van der Waals surface area contributed by atoms with Crippen LogP contribution in [0.25, 0.3) is 0 Å². The number of likely N-dealkylation sites (tertiary alicyclic amines) is 1. The minimum Gasteiger partial charge on any atom is -0.391 e. The Morgan fingerprint density at radius 2 is 1.90 bits per heavy atom. The van der Waals surface area contributed by atoms with Crippen LogP contribution in [-0.2, 0) is 0 Å². The molecule has 2 nitrogen and oxygen atoms in total. The first-order valence-corrected chi connectivity index (χ1v) is 8.02. The van der Waals surface area contributed by atoms with Crippen molar-refractivity contribution in [2.45, 2.75) is 57.6 Å². The first-order valence-electron chi connectivity index (χ1n) is 8.02. The highest BCUT2D eigenvalue weighted by Gasteiger charge is 2.39. The Morgan fingerprint density at radius 3 is 2.55 bits per heavy atom. The molecule has 1 saturated heterocycles. The molecule has 3 rings (SSSR count). The third kappa shape index (κ3) is 2.91. The van der Waals surface area contributed by atoms with Crippen molar-refractivity contribution in [3.8, 4) is 0 Å². The summed E-state index contributed by atoms with van der Waals surface area (Å²) in [5.41, 5.74) is 1.86. The summed E-state index contributed by atoms with van der Waals surface area (Å²) in [4.78, 5) is 2.54. The van der Waals surface area contributed by atoms with E-state index in [9.17, 15) is 5.11 Å². The van der Waals surface area contributed by atoms with Gasteiger partial charge in [0.1, 0.15) is 0 Å². The molecule has 1 aliphatic heterocycles. The highest BCUT2D eigenvalue weighted by molar-refractivity contribution is 5.20. The summed E-state index contributed by atoms with van der Waals surface area (Å²) >= 11 is 0. The Morgan fingerprint density at radius 1 is 1.15 bits per heavy atom. The molecule has 20 heavy (non-hydrogen) atoms. The van der Waals surface area contributed by atoms with E-state index in [1.54, 1.807) is 0 Å². The molecule has 1 aliphatic carbocycles. The monoisotopic (exact) mass is 273 g/mol. The van der Waals surface area contributed by atoms with Crippen molar-refractivity contribution < 1.29 is 5.11 Å². The zero-order valence-electron chi connectivity index (χ0n) is 12.8. The van der Waals surface area contributed by atoms with Crippen molar-refractivity contribution in [1.29, 1.82) is 0 Å². The molecule has 110 valence electrons. The minimum atomic E-state index is -0.135. The van der Waals surface area contributed by atoms with Crippen molar-refractivity contribution in [2.75, 3.05) is 13.1 Å². The molecule has 0 amide bonds. The van der Waals surface area contributed by atoms with E-state index < -0.39 is 0 Å². The van der Waals surface area contributed by atoms with Crippen LogP contribution in [0.15, 0.2) is 30.3 Å². The van der Waals surface area contributed by atoms with Crippen LogP contribution in [0.1, 0.15) is 51.0 Å². The van der Waals surface area contributed by atoms with Gasteiger partial charge in [0.05, 0.1) is 6.10 Å². The maximum absolute atomic E-state index is 10.4. The van der Waals surface area contributed by atoms with E-state index in [4.69, 9.17) is 0 Å². The van der Waals surface area contributed by atoms with Crippen LogP contribution >= 0.6 is 0 Å². The predicted octanol–water partition coefficient (Wildman–Crippen LogP) is 3.42. The first-order chi connectivity index (χ1) is 9.55. The van der Waals surface area contributed by atoms with Gasteiger partial charge in [-0.15, -0.1) is 0 Å². The number of nitrogens with zero attached hydrogens (tertiary/aromatic N) is 1. The molecular weight excluding hydrogens is 246 g/mol. The summed E-state index contributed by atoms with van der Waals surface area (Å²) in [7, 11) is 0. The van der Waals surface area contributed by atoms with E-state index >= 15 is 0 Å². The first kappa shape index (κ1) is 14.1. The normalized spacial score (nSPS) is 34.2. The Bertz CT molecular complexity index is 442. The highest BCUT2D eigenvalue weighted by Crippen LogP contribution is 2.39. The van der Waals surface area contributed by atoms with Gasteiger partial charge in [0.25, 0.3) is 0 Å². The second-order valence-corrected chi connectivity index (χ2v) is 7.44. The molecule has 0 spiro atoms. The average Bonchev–Trinajstić information content (AvgIpc) is 2.80. The number of aliphatic hydroxyl groups is 1. The van der Waals surface area contributed by atoms with Gasteiger partial charge in [0.2, 0.25) is 0 Å². The number of benzene rings is 1. The van der Waals surface area contributed by atoms with E-state index in [-0.39, 0.29) is 6.10 Å². The molecule has 1 aromatic carbocycles. The van der Waals surface area contributed by atoms with E-state index in [1.165, 1.54) is 12.0 Å². The van der Waals surface area contributed by atoms with Crippen LogP contribution in [0, 0.1) is 5.41 Å². The van der Waals surface area contributed by atoms with E-state index in [0.29, 0.717) is 17.4 Å². The summed E-state index contributed by atoms with van der Waals surface area (Å²) in [6.07, 6.45) is 4.30. The van der Waals surface area contributed by atoms with Crippen molar-refractivity contribution in [2.24, 2.45) is 5.41 Å². The van der Waals surface area contributed by atoms with Crippen LogP contribution < -0.4 is 0 Å². The molecule has 3 atom stereocenters. The summed E-state index contributed by atoms with van der Waals surface area (Å²) in [5.74, 6) is 0.619. The van der Waals surface area contributed by atoms with Crippen LogP contribution in [0.5, 0.6) is 0 Å². The van der Waals surface area contributed by atoms with Gasteiger partial charge in [-0.3, -0.25) is 4.90 Å². The molecule has 1 N–H and O–H groups in total. The van der Waals surface area contributed by atoms with Gasteiger partial charge in [-0.1, -0.05) is 44.2 Å². The lowest BCUT2D eigenvalue weighted by atomic mass is 9.79. The topological polar surface area (TPSA) is 23.5 Å². The summed E-state index contributed by atoms with van der Waals surface area (Å²) in [5, 5.41) is 10.4. The molecule has 0 bridgehead atoms. The number of hydrogen-bond acceptors (Lipinski definition) is 2. The zero-order valence-corrected chi connectivity index (χ0v) is 12.8. The van der Waals surface area contributed by atoms with Crippen LogP contribution in [0.4, 0.5) is 0 Å². The Labute approximate surface area is 122 Å². The van der Waals surface area contributed by atoms with Gasteiger partial charge in [-0.05, 0) is 49.1 Å². The quantitative estimate of drug-likeness (QED) is 0.892. The van der Waals surface area contributed by atoms with Gasteiger partial charge in [-0.2, -0.15) is 0 Å². The van der Waals surface area contributed by atoms with Gasteiger partial charge >= 0.3 is 0 Å². The third-order valence-corrected chi connectivity index (χ3v) is 5.23. The lowest BCUT2D eigenvalue weighted by Crippen LogP contribution is -2.46. The van der Waals surface area contributed by atoms with Gasteiger partial charge in [-0.25, -0.2) is 0 Å². The number of rotatable bonds is 2. The van der Waals surface area contributed by atoms with Crippen LogP contribution in [0.2, 0.25) is 0 Å². The van der Waals surface area contributed by atoms with Crippen molar-refractivity contribution in [1.82, 2.24) is 4.90 Å². The molecule has 0 aromatic heterocycles. The molecule has 1 saturated carbocycles. The van der Waals surface area contributed by atoms with Crippen molar-refractivity contribution >= 4 is 0 Å². The molecule has 1 heterocycles. The third-order valence-electron chi connectivity index (χ3n) is 5.23. The van der Waals surface area contributed by atoms with Crippen LogP contribution in [0.3, 0.4) is 0 Å². The SMILES string of the molecule is CC1(C)CCN(C2CC(c3ccccc3)CCC2O)C1. The van der Waals surface area contributed by atoms with Crippen molar-refractivity contribution in [3.05, 3.63) is 35.9 Å². The predicted molar refractivity (Wildman–Crippen MR) is 82.8 cm³/mol. The van der Waals surface area contributed by atoms with E-state index in [1.807, 2.05) is 0 Å². The van der Waals surface area contributed by atoms with Crippen LogP contribution in [-0.4, -0.2) is 35.2 Å². The number of hydrogen-bond donors (Lipinski definition) is 1. The molecule has 2 fully saturated rings. The maximum Gasteiger partial charge on any atom is 0.0695 e. The molecule has 3 unspecified atom stereocenters. The molecular formula is C18H27NO. The Kier molecular flexibility index (Phi) is 3.87. The highest BCUT2D eigenvalue weighted by atomic mass is 16.3. The lowest BCUT2D eigenvalue weighted by molar-refractivity contribution is 0.0206. The largest absolute Gasteiger partial charge is 0.391 e. The van der Waals surface area contributed by atoms with E-state index in [0.717, 1.165) is 32.4 Å². The minimum absolute atomic E-state index is 0.135. The summed E-state index contributed by atoms with van der Waals surface area (Å²) in [6, 6.07) is 11.2. The Hall–Kier alpha value is -0.860. The van der Waals surface area contributed by atoms with Crippen molar-refractivity contribution in [3.63, 3.8) is 0 Å². The lowest BCUT2D eigenvalue weighted by Gasteiger charge is -2.39. The van der Waals surface area contributed by atoms with Gasteiger partial charge in [0.15, 0.2) is 0 Å². The number of aliphatic hydroxyl groups excluding tert-OH is 1. The fourth-order valence-corrected chi connectivity index (χ4v) is 3.99. The molecule has 0 radical (unpaired) electrons. The Balaban J connectivity index is 1.71. The smallest absolute Gasteiger partial charge is 0.0695 e.